The number of fused-ring (bicyclic) bond motifs is 1. The van der Waals surface area contributed by atoms with E-state index in [9.17, 15) is 14.4 Å². The van der Waals surface area contributed by atoms with Crippen molar-refractivity contribution in [1.82, 2.24) is 10.2 Å². The molecule has 7 nitrogen and oxygen atoms in total. The molecule has 2 aromatic rings. The van der Waals surface area contributed by atoms with Gasteiger partial charge in [-0.2, -0.15) is 0 Å². The Labute approximate surface area is 200 Å². The lowest BCUT2D eigenvalue weighted by molar-refractivity contribution is -0.143. The van der Waals surface area contributed by atoms with E-state index in [0.29, 0.717) is 56.6 Å². The molecule has 1 aliphatic heterocycles. The number of carboxylic acid groups (broad SMARTS) is 1. The third-order valence-corrected chi connectivity index (χ3v) is 6.78. The molecule has 1 saturated carbocycles. The van der Waals surface area contributed by atoms with E-state index in [4.69, 9.17) is 9.84 Å². The van der Waals surface area contributed by atoms with Gasteiger partial charge in [0.25, 0.3) is 0 Å². The summed E-state index contributed by atoms with van der Waals surface area (Å²) in [6, 6.07) is 15.3. The van der Waals surface area contributed by atoms with Crippen molar-refractivity contribution in [3.8, 4) is 5.75 Å². The topological polar surface area (TPSA) is 95.9 Å². The van der Waals surface area contributed by atoms with E-state index in [1.54, 1.807) is 24.3 Å². The summed E-state index contributed by atoms with van der Waals surface area (Å²) < 4.78 is 5.97. The summed E-state index contributed by atoms with van der Waals surface area (Å²) in [6.45, 7) is 1.79. The lowest BCUT2D eigenvalue weighted by Crippen LogP contribution is -2.43. The van der Waals surface area contributed by atoms with Gasteiger partial charge in [0, 0.05) is 31.6 Å². The Morgan fingerprint density at radius 1 is 0.971 bits per heavy atom. The van der Waals surface area contributed by atoms with Crippen molar-refractivity contribution in [2.75, 3.05) is 13.1 Å². The number of nitrogens with zero attached hydrogens (tertiary/aromatic N) is 1. The summed E-state index contributed by atoms with van der Waals surface area (Å²) in [4.78, 5) is 37.9. The Kier molecular flexibility index (Phi) is 7.83. The maximum atomic E-state index is 12.5. The highest BCUT2D eigenvalue weighted by Crippen LogP contribution is 2.28. The SMILES string of the molecule is O=C(CCCNC(=O)N1CCc2ccccc2C1)c1ccc(OC2CCC(C(=O)O)CC2)cc1. The molecule has 0 aromatic heterocycles. The molecule has 0 unspecified atom stereocenters. The molecular weight excluding hydrogens is 432 g/mol. The molecule has 0 saturated heterocycles. The molecule has 2 amide bonds. The predicted molar refractivity (Wildman–Crippen MR) is 128 cm³/mol. The zero-order valence-corrected chi connectivity index (χ0v) is 19.4. The van der Waals surface area contributed by atoms with Gasteiger partial charge in [0.2, 0.25) is 0 Å². The summed E-state index contributed by atoms with van der Waals surface area (Å²) in [7, 11) is 0. The van der Waals surface area contributed by atoms with Crippen molar-refractivity contribution in [3.63, 3.8) is 0 Å². The van der Waals surface area contributed by atoms with Gasteiger partial charge in [-0.25, -0.2) is 4.79 Å². The average molecular weight is 465 g/mol. The number of hydrogen-bond donors (Lipinski definition) is 2. The molecule has 2 aliphatic rings. The van der Waals surface area contributed by atoms with Crippen LogP contribution in [0.5, 0.6) is 5.75 Å². The second kappa shape index (κ2) is 11.2. The van der Waals surface area contributed by atoms with E-state index in [1.807, 2.05) is 17.0 Å². The first kappa shape index (κ1) is 23.8. The highest BCUT2D eigenvalue weighted by Gasteiger charge is 2.27. The number of carboxylic acids is 1. The number of amides is 2. The molecule has 7 heteroatoms. The van der Waals surface area contributed by atoms with Crippen molar-refractivity contribution < 1.29 is 24.2 Å². The first-order chi connectivity index (χ1) is 16.5. The lowest BCUT2D eigenvalue weighted by atomic mass is 9.87. The van der Waals surface area contributed by atoms with E-state index in [0.717, 1.165) is 19.3 Å². The third-order valence-electron chi connectivity index (χ3n) is 6.78. The molecule has 2 aromatic carbocycles. The summed E-state index contributed by atoms with van der Waals surface area (Å²) >= 11 is 0. The van der Waals surface area contributed by atoms with Gasteiger partial charge in [0.05, 0.1) is 12.0 Å². The minimum absolute atomic E-state index is 0.0224. The Balaban J connectivity index is 1.15. The first-order valence-corrected chi connectivity index (χ1v) is 12.1. The fourth-order valence-electron chi connectivity index (χ4n) is 4.71. The number of Topliss-reactive ketones (excluding diaryl/α,β-unsaturated/α-hetero) is 1. The highest BCUT2D eigenvalue weighted by atomic mass is 16.5. The number of rotatable bonds is 8. The fraction of sp³-hybridized carbons (Fsp3) is 0.444. The second-order valence-electron chi connectivity index (χ2n) is 9.15. The van der Waals surface area contributed by atoms with Crippen LogP contribution in [0, 0.1) is 5.92 Å². The molecular formula is C27H32N2O5. The lowest BCUT2D eigenvalue weighted by Gasteiger charge is -2.28. The van der Waals surface area contributed by atoms with E-state index in [1.165, 1.54) is 11.1 Å². The van der Waals surface area contributed by atoms with Crippen LogP contribution in [0.2, 0.25) is 0 Å². The van der Waals surface area contributed by atoms with Gasteiger partial charge in [-0.15, -0.1) is 0 Å². The van der Waals surface area contributed by atoms with Crippen LogP contribution in [0.15, 0.2) is 48.5 Å². The maximum absolute atomic E-state index is 12.5. The molecule has 1 fully saturated rings. The minimum atomic E-state index is -0.724. The quantitative estimate of drug-likeness (QED) is 0.445. The van der Waals surface area contributed by atoms with E-state index < -0.39 is 5.97 Å². The maximum Gasteiger partial charge on any atom is 0.317 e. The summed E-state index contributed by atoms with van der Waals surface area (Å²) in [5, 5.41) is 12.0. The van der Waals surface area contributed by atoms with Crippen LogP contribution in [0.25, 0.3) is 0 Å². The summed E-state index contributed by atoms with van der Waals surface area (Å²) in [5.41, 5.74) is 3.12. The fourth-order valence-corrected chi connectivity index (χ4v) is 4.71. The van der Waals surface area contributed by atoms with Gasteiger partial charge in [-0.3, -0.25) is 9.59 Å². The van der Waals surface area contributed by atoms with Crippen LogP contribution < -0.4 is 10.1 Å². The predicted octanol–water partition coefficient (Wildman–Crippen LogP) is 4.44. The number of aliphatic carboxylic acids is 1. The number of urea groups is 1. The number of ether oxygens (including phenoxy) is 1. The van der Waals surface area contributed by atoms with Crippen LogP contribution >= 0.6 is 0 Å². The Morgan fingerprint density at radius 3 is 2.38 bits per heavy atom. The van der Waals surface area contributed by atoms with Crippen molar-refractivity contribution in [2.24, 2.45) is 5.92 Å². The molecule has 0 radical (unpaired) electrons. The molecule has 0 atom stereocenters. The molecule has 1 aliphatic carbocycles. The van der Waals surface area contributed by atoms with Gasteiger partial charge in [0.1, 0.15) is 5.75 Å². The second-order valence-corrected chi connectivity index (χ2v) is 9.15. The largest absolute Gasteiger partial charge is 0.490 e. The van der Waals surface area contributed by atoms with Crippen LogP contribution in [0.4, 0.5) is 4.79 Å². The zero-order chi connectivity index (χ0) is 23.9. The molecule has 2 N–H and O–H groups in total. The molecule has 34 heavy (non-hydrogen) atoms. The van der Waals surface area contributed by atoms with Crippen LogP contribution in [0.3, 0.4) is 0 Å². The van der Waals surface area contributed by atoms with Crippen molar-refractivity contribution >= 4 is 17.8 Å². The molecule has 0 spiro atoms. The van der Waals surface area contributed by atoms with Gasteiger partial charge in [-0.1, -0.05) is 24.3 Å². The van der Waals surface area contributed by atoms with Crippen LogP contribution in [0.1, 0.15) is 60.0 Å². The average Bonchev–Trinajstić information content (AvgIpc) is 2.87. The van der Waals surface area contributed by atoms with E-state index >= 15 is 0 Å². The van der Waals surface area contributed by atoms with Gasteiger partial charge in [-0.05, 0) is 73.9 Å². The minimum Gasteiger partial charge on any atom is -0.490 e. The van der Waals surface area contributed by atoms with Crippen molar-refractivity contribution in [3.05, 3.63) is 65.2 Å². The Morgan fingerprint density at radius 2 is 1.68 bits per heavy atom. The zero-order valence-electron chi connectivity index (χ0n) is 19.4. The molecule has 4 rings (SSSR count). The monoisotopic (exact) mass is 464 g/mol. The summed E-state index contributed by atoms with van der Waals surface area (Å²) in [5.74, 6) is -0.250. The Bertz CT molecular complexity index is 1010. The standard InChI is InChI=1S/C27H32N2O5/c30-25(6-3-16-28-27(33)29-17-15-19-4-1-2-5-22(19)18-29)20-7-11-23(12-8-20)34-24-13-9-21(10-14-24)26(31)32/h1-2,4-5,7-8,11-12,21,24H,3,6,9-10,13-18H2,(H,28,33)(H,31,32). The summed E-state index contributed by atoms with van der Waals surface area (Å²) in [6.07, 6.45) is 4.57. The van der Waals surface area contributed by atoms with Gasteiger partial charge in [0.15, 0.2) is 5.78 Å². The van der Waals surface area contributed by atoms with Crippen molar-refractivity contribution in [1.29, 1.82) is 0 Å². The third kappa shape index (κ3) is 6.16. The number of benzene rings is 2. The van der Waals surface area contributed by atoms with Crippen molar-refractivity contribution in [2.45, 2.75) is 57.6 Å². The number of ketones is 1. The Hall–Kier alpha value is -3.35. The number of hydrogen-bond acceptors (Lipinski definition) is 4. The normalized spacial score (nSPS) is 19.7. The van der Waals surface area contributed by atoms with Gasteiger partial charge < -0.3 is 20.1 Å². The number of carbonyl (C=O) groups is 3. The van der Waals surface area contributed by atoms with E-state index in [-0.39, 0.29) is 23.8 Å². The van der Waals surface area contributed by atoms with E-state index in [2.05, 4.69) is 17.4 Å². The van der Waals surface area contributed by atoms with Crippen LogP contribution in [-0.2, 0) is 17.8 Å². The number of nitrogens with one attached hydrogen (secondary N) is 1. The first-order valence-electron chi connectivity index (χ1n) is 12.1. The molecule has 1 heterocycles. The number of carbonyl (C=O) groups excluding carboxylic acids is 2. The smallest absolute Gasteiger partial charge is 0.317 e. The molecule has 0 bridgehead atoms. The highest BCUT2D eigenvalue weighted by molar-refractivity contribution is 5.96. The van der Waals surface area contributed by atoms with Gasteiger partial charge >= 0.3 is 12.0 Å². The molecule has 180 valence electrons. The van der Waals surface area contributed by atoms with Crippen LogP contribution in [-0.4, -0.2) is 47.0 Å².